The number of aromatic nitrogens is 1. The first-order valence-corrected chi connectivity index (χ1v) is 6.40. The summed E-state index contributed by atoms with van der Waals surface area (Å²) in [5.41, 5.74) is 8.12. The Labute approximate surface area is 111 Å². The van der Waals surface area contributed by atoms with E-state index >= 15 is 0 Å². The van der Waals surface area contributed by atoms with E-state index in [1.165, 1.54) is 0 Å². The Morgan fingerprint density at radius 2 is 2.16 bits per heavy atom. The molecule has 1 fully saturated rings. The summed E-state index contributed by atoms with van der Waals surface area (Å²) in [7, 11) is 0. The molecular weight excluding hydrogens is 240 g/mol. The minimum atomic E-state index is 0.00259. The maximum atomic E-state index is 11.7. The number of hydrogen-bond donors (Lipinski definition) is 3. The summed E-state index contributed by atoms with van der Waals surface area (Å²) < 4.78 is 0. The van der Waals surface area contributed by atoms with E-state index in [1.54, 1.807) is 6.20 Å². The molecule has 0 unspecified atom stereocenters. The molecule has 1 heterocycles. The van der Waals surface area contributed by atoms with Gasteiger partial charge in [0.1, 0.15) is 0 Å². The molecule has 1 aromatic carbocycles. The average molecular weight is 256 g/mol. The summed E-state index contributed by atoms with van der Waals surface area (Å²) in [4.78, 5) is 15.9. The van der Waals surface area contributed by atoms with Crippen molar-refractivity contribution in [3.05, 3.63) is 30.5 Å². The monoisotopic (exact) mass is 256 g/mol. The molecule has 3 rings (SSSR count). The molecule has 98 valence electrons. The van der Waals surface area contributed by atoms with Crippen molar-refractivity contribution in [2.75, 3.05) is 17.6 Å². The second-order valence-corrected chi connectivity index (χ2v) is 4.80. The predicted octanol–water partition coefficient (Wildman–Crippen LogP) is 1.51. The van der Waals surface area contributed by atoms with Crippen molar-refractivity contribution in [1.29, 1.82) is 0 Å². The largest absolute Gasteiger partial charge is 0.396 e. The van der Waals surface area contributed by atoms with Crippen LogP contribution in [-0.2, 0) is 4.79 Å². The molecule has 5 heteroatoms. The lowest BCUT2D eigenvalue weighted by atomic mass is 10.1. The lowest BCUT2D eigenvalue weighted by Gasteiger charge is -2.12. The van der Waals surface area contributed by atoms with Gasteiger partial charge in [0.2, 0.25) is 5.91 Å². The number of amides is 1. The maximum Gasteiger partial charge on any atom is 0.239 e. The quantitative estimate of drug-likeness (QED) is 0.774. The number of nitrogens with zero attached hydrogens (tertiary/aromatic N) is 1. The van der Waals surface area contributed by atoms with E-state index < -0.39 is 0 Å². The second kappa shape index (κ2) is 4.76. The molecule has 1 aliphatic rings. The summed E-state index contributed by atoms with van der Waals surface area (Å²) in [6.45, 7) is 0.231. The van der Waals surface area contributed by atoms with Crippen molar-refractivity contribution >= 4 is 28.2 Å². The van der Waals surface area contributed by atoms with Gasteiger partial charge in [0.05, 0.1) is 29.6 Å². The van der Waals surface area contributed by atoms with Gasteiger partial charge in [0.25, 0.3) is 0 Å². The van der Waals surface area contributed by atoms with Gasteiger partial charge < -0.3 is 16.4 Å². The van der Waals surface area contributed by atoms with Crippen LogP contribution in [0.25, 0.3) is 10.9 Å². The highest BCUT2D eigenvalue weighted by atomic mass is 16.2. The average Bonchev–Trinajstić information content (AvgIpc) is 3.21. The number of fused-ring (bicyclic) bond motifs is 1. The van der Waals surface area contributed by atoms with Gasteiger partial charge in [-0.1, -0.05) is 18.2 Å². The zero-order valence-corrected chi connectivity index (χ0v) is 10.5. The highest BCUT2D eigenvalue weighted by Gasteiger charge is 2.23. The zero-order chi connectivity index (χ0) is 13.2. The topological polar surface area (TPSA) is 80.0 Å². The third-order valence-electron chi connectivity index (χ3n) is 3.17. The van der Waals surface area contributed by atoms with Crippen molar-refractivity contribution < 1.29 is 4.79 Å². The SMILES string of the molecule is Nc1cnc2ccccc2c1NCC(=O)NC1CC1. The third kappa shape index (κ3) is 2.59. The van der Waals surface area contributed by atoms with Crippen LogP contribution in [0.5, 0.6) is 0 Å². The number of para-hydroxylation sites is 1. The minimum absolute atomic E-state index is 0.00259. The Hall–Kier alpha value is -2.30. The molecule has 0 saturated heterocycles. The van der Waals surface area contributed by atoms with Gasteiger partial charge in [-0.25, -0.2) is 0 Å². The van der Waals surface area contributed by atoms with Crippen molar-refractivity contribution in [2.45, 2.75) is 18.9 Å². The van der Waals surface area contributed by atoms with Gasteiger partial charge in [0, 0.05) is 11.4 Å². The number of carbonyl (C=O) groups excluding carboxylic acids is 1. The number of rotatable bonds is 4. The number of anilines is 2. The Kier molecular flexibility index (Phi) is 2.95. The summed E-state index contributed by atoms with van der Waals surface area (Å²) in [6.07, 6.45) is 3.79. The molecule has 4 N–H and O–H groups in total. The fraction of sp³-hybridized carbons (Fsp3) is 0.286. The Morgan fingerprint density at radius 3 is 2.95 bits per heavy atom. The number of nitrogen functional groups attached to an aromatic ring is 1. The standard InChI is InChI=1S/C14H16N4O/c15-11-7-16-12-4-2-1-3-10(12)14(11)17-8-13(19)18-9-5-6-9/h1-4,7,9H,5-6,8,15H2,(H,16,17)(H,18,19). The highest BCUT2D eigenvalue weighted by molar-refractivity contribution is 5.98. The van der Waals surface area contributed by atoms with E-state index in [1.807, 2.05) is 24.3 Å². The molecule has 0 radical (unpaired) electrons. The van der Waals surface area contributed by atoms with Gasteiger partial charge in [-0.15, -0.1) is 0 Å². The molecule has 1 amide bonds. The first kappa shape index (κ1) is 11.8. The summed E-state index contributed by atoms with van der Waals surface area (Å²) in [5.74, 6) is 0.00259. The van der Waals surface area contributed by atoms with Crippen molar-refractivity contribution in [3.8, 4) is 0 Å². The van der Waals surface area contributed by atoms with Crippen LogP contribution in [0.1, 0.15) is 12.8 Å². The second-order valence-electron chi connectivity index (χ2n) is 4.80. The molecule has 0 bridgehead atoms. The summed E-state index contributed by atoms with van der Waals surface area (Å²) in [6, 6.07) is 8.10. The Balaban J connectivity index is 1.79. The lowest BCUT2D eigenvalue weighted by molar-refractivity contribution is -0.119. The van der Waals surface area contributed by atoms with E-state index in [-0.39, 0.29) is 12.5 Å². The first-order valence-electron chi connectivity index (χ1n) is 6.40. The van der Waals surface area contributed by atoms with Gasteiger partial charge in [-0.05, 0) is 18.9 Å². The number of carbonyl (C=O) groups is 1. The van der Waals surface area contributed by atoms with E-state index in [2.05, 4.69) is 15.6 Å². The van der Waals surface area contributed by atoms with Crippen LogP contribution < -0.4 is 16.4 Å². The van der Waals surface area contributed by atoms with Crippen LogP contribution >= 0.6 is 0 Å². The molecular formula is C14H16N4O. The van der Waals surface area contributed by atoms with Gasteiger partial charge in [0.15, 0.2) is 0 Å². The molecule has 19 heavy (non-hydrogen) atoms. The van der Waals surface area contributed by atoms with Gasteiger partial charge in [-0.2, -0.15) is 0 Å². The van der Waals surface area contributed by atoms with Crippen LogP contribution in [0.15, 0.2) is 30.5 Å². The van der Waals surface area contributed by atoms with Crippen LogP contribution in [0.3, 0.4) is 0 Å². The van der Waals surface area contributed by atoms with Crippen LogP contribution in [-0.4, -0.2) is 23.5 Å². The summed E-state index contributed by atoms with van der Waals surface area (Å²) in [5, 5.41) is 6.98. The number of nitrogens with two attached hydrogens (primary N) is 1. The van der Waals surface area contributed by atoms with E-state index in [0.717, 1.165) is 29.4 Å². The first-order chi connectivity index (χ1) is 9.24. The Morgan fingerprint density at radius 1 is 1.37 bits per heavy atom. The van der Waals surface area contributed by atoms with Gasteiger partial charge >= 0.3 is 0 Å². The van der Waals surface area contributed by atoms with E-state index in [4.69, 9.17) is 5.73 Å². The normalized spacial score (nSPS) is 14.3. The molecule has 0 atom stereocenters. The van der Waals surface area contributed by atoms with E-state index in [9.17, 15) is 4.79 Å². The summed E-state index contributed by atoms with van der Waals surface area (Å²) >= 11 is 0. The van der Waals surface area contributed by atoms with Gasteiger partial charge in [-0.3, -0.25) is 9.78 Å². The van der Waals surface area contributed by atoms with Crippen LogP contribution in [0.4, 0.5) is 11.4 Å². The number of pyridine rings is 1. The van der Waals surface area contributed by atoms with Crippen LogP contribution in [0, 0.1) is 0 Å². The number of benzene rings is 1. The number of nitrogens with one attached hydrogen (secondary N) is 2. The predicted molar refractivity (Wildman–Crippen MR) is 75.8 cm³/mol. The fourth-order valence-corrected chi connectivity index (χ4v) is 2.03. The Bertz CT molecular complexity index is 622. The molecule has 2 aromatic rings. The molecule has 1 aromatic heterocycles. The molecule has 0 spiro atoms. The zero-order valence-electron chi connectivity index (χ0n) is 10.5. The smallest absolute Gasteiger partial charge is 0.239 e. The maximum absolute atomic E-state index is 11.7. The van der Waals surface area contributed by atoms with E-state index in [0.29, 0.717) is 11.7 Å². The number of hydrogen-bond acceptors (Lipinski definition) is 4. The molecule has 1 saturated carbocycles. The fourth-order valence-electron chi connectivity index (χ4n) is 2.03. The van der Waals surface area contributed by atoms with Crippen molar-refractivity contribution in [2.24, 2.45) is 0 Å². The molecule has 0 aliphatic heterocycles. The lowest BCUT2D eigenvalue weighted by Crippen LogP contribution is -2.31. The highest BCUT2D eigenvalue weighted by Crippen LogP contribution is 2.27. The minimum Gasteiger partial charge on any atom is -0.396 e. The third-order valence-corrected chi connectivity index (χ3v) is 3.17. The van der Waals surface area contributed by atoms with Crippen molar-refractivity contribution in [3.63, 3.8) is 0 Å². The molecule has 1 aliphatic carbocycles. The van der Waals surface area contributed by atoms with Crippen LogP contribution in [0.2, 0.25) is 0 Å². The molecule has 5 nitrogen and oxygen atoms in total. The van der Waals surface area contributed by atoms with Crippen molar-refractivity contribution in [1.82, 2.24) is 10.3 Å².